The molecule has 0 unspecified atom stereocenters. The first kappa shape index (κ1) is 18.4. The van der Waals surface area contributed by atoms with Crippen LogP contribution in [0.5, 0.6) is 0 Å². The van der Waals surface area contributed by atoms with E-state index in [1.807, 2.05) is 56.3 Å². The zero-order chi connectivity index (χ0) is 19.7. The number of benzene rings is 2. The van der Waals surface area contributed by atoms with Gasteiger partial charge in [-0.25, -0.2) is 4.39 Å². The second kappa shape index (κ2) is 7.56. The molecular formula is C23H19ClFN3. The summed E-state index contributed by atoms with van der Waals surface area (Å²) in [5.41, 5.74) is 4.78. The summed E-state index contributed by atoms with van der Waals surface area (Å²) in [5, 5.41) is 4.86. The van der Waals surface area contributed by atoms with Crippen molar-refractivity contribution in [1.82, 2.24) is 9.97 Å². The van der Waals surface area contributed by atoms with Gasteiger partial charge >= 0.3 is 0 Å². The van der Waals surface area contributed by atoms with Crippen LogP contribution in [0.1, 0.15) is 24.2 Å². The third-order valence-corrected chi connectivity index (χ3v) is 5.28. The zero-order valence-corrected chi connectivity index (χ0v) is 16.3. The van der Waals surface area contributed by atoms with E-state index in [9.17, 15) is 4.39 Å². The highest BCUT2D eigenvalue weighted by Crippen LogP contribution is 2.35. The first-order valence-corrected chi connectivity index (χ1v) is 9.43. The molecule has 5 heteroatoms. The molecule has 1 atom stereocenters. The molecule has 0 spiro atoms. The minimum atomic E-state index is -0.292. The van der Waals surface area contributed by atoms with E-state index < -0.39 is 0 Å². The molecule has 0 saturated carbocycles. The molecule has 0 aliphatic heterocycles. The fourth-order valence-corrected chi connectivity index (χ4v) is 3.53. The minimum Gasteiger partial charge on any atom is -0.377 e. The summed E-state index contributed by atoms with van der Waals surface area (Å²) in [4.78, 5) is 8.68. The smallest absolute Gasteiger partial charge is 0.128 e. The van der Waals surface area contributed by atoms with Gasteiger partial charge in [-0.1, -0.05) is 41.9 Å². The predicted molar refractivity (Wildman–Crippen MR) is 113 cm³/mol. The van der Waals surface area contributed by atoms with E-state index in [0.29, 0.717) is 10.6 Å². The Morgan fingerprint density at radius 3 is 2.64 bits per heavy atom. The van der Waals surface area contributed by atoms with Crippen molar-refractivity contribution in [3.63, 3.8) is 0 Å². The Bertz CT molecular complexity index is 1150. The lowest BCUT2D eigenvalue weighted by Crippen LogP contribution is -2.10. The molecular weight excluding hydrogens is 373 g/mol. The van der Waals surface area contributed by atoms with E-state index >= 15 is 0 Å². The molecule has 0 amide bonds. The maximum absolute atomic E-state index is 14.6. The van der Waals surface area contributed by atoms with Crippen LogP contribution in [0.15, 0.2) is 67.0 Å². The highest BCUT2D eigenvalue weighted by atomic mass is 35.5. The summed E-state index contributed by atoms with van der Waals surface area (Å²) in [6.07, 6.45) is 3.49. The standard InChI is InChI=1S/C23H19ClFN3/c1-14(19-12-16(9-10-20(19)25)17-6-5-11-26-13-17)28-23-18-7-3-4-8-21(18)27-15(2)22(23)24/h3-14H,1-2H3,(H,27,28)/t14-/m1/s1. The Morgan fingerprint density at radius 1 is 1.04 bits per heavy atom. The number of rotatable bonds is 4. The molecule has 0 aliphatic carbocycles. The van der Waals surface area contributed by atoms with E-state index in [1.54, 1.807) is 18.5 Å². The van der Waals surface area contributed by atoms with Crippen LogP contribution < -0.4 is 5.32 Å². The molecule has 1 N–H and O–H groups in total. The fourth-order valence-electron chi connectivity index (χ4n) is 3.34. The van der Waals surface area contributed by atoms with Crippen LogP contribution in [-0.2, 0) is 0 Å². The van der Waals surface area contributed by atoms with Gasteiger partial charge in [0.05, 0.1) is 28.0 Å². The first-order valence-electron chi connectivity index (χ1n) is 9.06. The number of para-hydroxylation sites is 1. The molecule has 2 aromatic carbocycles. The Kier molecular flexibility index (Phi) is 4.97. The number of halogens is 2. The monoisotopic (exact) mass is 391 g/mol. The van der Waals surface area contributed by atoms with E-state index in [1.165, 1.54) is 6.07 Å². The number of nitrogens with one attached hydrogen (secondary N) is 1. The summed E-state index contributed by atoms with van der Waals surface area (Å²) >= 11 is 6.54. The predicted octanol–water partition coefficient (Wildman–Crippen LogP) is 6.57. The van der Waals surface area contributed by atoms with E-state index in [2.05, 4.69) is 15.3 Å². The lowest BCUT2D eigenvalue weighted by atomic mass is 10.00. The fraction of sp³-hybridized carbons (Fsp3) is 0.130. The molecule has 4 rings (SSSR count). The van der Waals surface area contributed by atoms with Crippen molar-refractivity contribution >= 4 is 28.2 Å². The van der Waals surface area contributed by atoms with Crippen molar-refractivity contribution in [2.45, 2.75) is 19.9 Å². The molecule has 0 radical (unpaired) electrons. The summed E-state index contributed by atoms with van der Waals surface area (Å²) < 4.78 is 14.6. The third-order valence-electron chi connectivity index (χ3n) is 4.82. The second-order valence-electron chi connectivity index (χ2n) is 6.75. The summed E-state index contributed by atoms with van der Waals surface area (Å²) in [6.45, 7) is 3.79. The number of fused-ring (bicyclic) bond motifs is 1. The van der Waals surface area contributed by atoms with Crippen LogP contribution in [0.4, 0.5) is 10.1 Å². The SMILES string of the molecule is Cc1nc2ccccc2c(N[C@H](C)c2cc(-c3cccnc3)ccc2F)c1Cl. The largest absolute Gasteiger partial charge is 0.377 e. The van der Waals surface area contributed by atoms with Gasteiger partial charge in [-0.15, -0.1) is 0 Å². The molecule has 0 bridgehead atoms. The molecule has 3 nitrogen and oxygen atoms in total. The molecule has 0 aliphatic rings. The number of aryl methyl sites for hydroxylation is 1. The van der Waals surface area contributed by atoms with E-state index in [4.69, 9.17) is 11.6 Å². The maximum atomic E-state index is 14.6. The Balaban J connectivity index is 1.75. The highest BCUT2D eigenvalue weighted by Gasteiger charge is 2.17. The molecule has 140 valence electrons. The van der Waals surface area contributed by atoms with Crippen LogP contribution in [-0.4, -0.2) is 9.97 Å². The Morgan fingerprint density at radius 2 is 1.86 bits per heavy atom. The van der Waals surface area contributed by atoms with Crippen molar-refractivity contribution in [3.05, 3.63) is 89.1 Å². The Hall–Kier alpha value is -2.98. The number of anilines is 1. The van der Waals surface area contributed by atoms with Crippen molar-refractivity contribution < 1.29 is 4.39 Å². The third kappa shape index (κ3) is 3.43. The van der Waals surface area contributed by atoms with Gasteiger partial charge in [0.1, 0.15) is 5.82 Å². The van der Waals surface area contributed by atoms with Gasteiger partial charge < -0.3 is 5.32 Å². The van der Waals surface area contributed by atoms with Gasteiger partial charge in [0.25, 0.3) is 0 Å². The molecule has 0 fully saturated rings. The number of hydrogen-bond acceptors (Lipinski definition) is 3. The second-order valence-corrected chi connectivity index (χ2v) is 7.13. The van der Waals surface area contributed by atoms with Gasteiger partial charge in [0.2, 0.25) is 0 Å². The molecule has 28 heavy (non-hydrogen) atoms. The van der Waals surface area contributed by atoms with E-state index in [0.717, 1.165) is 33.4 Å². The van der Waals surface area contributed by atoms with Crippen molar-refractivity contribution in [2.75, 3.05) is 5.32 Å². The summed E-state index contributed by atoms with van der Waals surface area (Å²) in [6, 6.07) is 16.4. The highest BCUT2D eigenvalue weighted by molar-refractivity contribution is 6.35. The average Bonchev–Trinajstić information content (AvgIpc) is 2.72. The van der Waals surface area contributed by atoms with Crippen molar-refractivity contribution in [1.29, 1.82) is 0 Å². The quantitative estimate of drug-likeness (QED) is 0.427. The number of hydrogen-bond donors (Lipinski definition) is 1. The number of nitrogens with zero attached hydrogens (tertiary/aromatic N) is 2. The van der Waals surface area contributed by atoms with Crippen LogP contribution in [0.3, 0.4) is 0 Å². The van der Waals surface area contributed by atoms with Gasteiger partial charge in [-0.2, -0.15) is 0 Å². The average molecular weight is 392 g/mol. The van der Waals surface area contributed by atoms with Crippen LogP contribution in [0, 0.1) is 12.7 Å². The maximum Gasteiger partial charge on any atom is 0.128 e. The van der Waals surface area contributed by atoms with Crippen LogP contribution in [0.2, 0.25) is 5.02 Å². The number of aromatic nitrogens is 2. The molecule has 2 aromatic heterocycles. The number of pyridine rings is 2. The van der Waals surface area contributed by atoms with Crippen molar-refractivity contribution in [3.8, 4) is 11.1 Å². The minimum absolute atomic E-state index is 0.265. The molecule has 0 saturated heterocycles. The van der Waals surface area contributed by atoms with E-state index in [-0.39, 0.29) is 11.9 Å². The normalized spacial score (nSPS) is 12.1. The summed E-state index contributed by atoms with van der Waals surface area (Å²) in [7, 11) is 0. The van der Waals surface area contributed by atoms with Gasteiger partial charge in [-0.3, -0.25) is 9.97 Å². The van der Waals surface area contributed by atoms with Gasteiger partial charge in [0.15, 0.2) is 0 Å². The van der Waals surface area contributed by atoms with Crippen molar-refractivity contribution in [2.24, 2.45) is 0 Å². The van der Waals surface area contributed by atoms with Gasteiger partial charge in [-0.05, 0) is 43.7 Å². The van der Waals surface area contributed by atoms with Crippen LogP contribution >= 0.6 is 11.6 Å². The lowest BCUT2D eigenvalue weighted by molar-refractivity contribution is 0.600. The molecule has 2 heterocycles. The lowest BCUT2D eigenvalue weighted by Gasteiger charge is -2.20. The first-order chi connectivity index (χ1) is 13.5. The zero-order valence-electron chi connectivity index (χ0n) is 15.6. The van der Waals surface area contributed by atoms with Gasteiger partial charge in [0, 0.05) is 28.9 Å². The topological polar surface area (TPSA) is 37.8 Å². The molecule has 4 aromatic rings. The van der Waals surface area contributed by atoms with Crippen LogP contribution in [0.25, 0.3) is 22.0 Å². The Labute approximate surface area is 168 Å². The summed E-state index contributed by atoms with van der Waals surface area (Å²) in [5.74, 6) is -0.265.